The molecule has 2 aromatic heterocycles. The van der Waals surface area contributed by atoms with Crippen LogP contribution in [-0.2, 0) is 0 Å². The molecular weight excluding hydrogens is 442 g/mol. The second-order valence-electron chi connectivity index (χ2n) is 8.18. The van der Waals surface area contributed by atoms with E-state index >= 15 is 0 Å². The van der Waals surface area contributed by atoms with Crippen LogP contribution in [0.25, 0.3) is 10.8 Å². The van der Waals surface area contributed by atoms with E-state index in [1.807, 2.05) is 41.8 Å². The van der Waals surface area contributed by atoms with E-state index in [1.165, 1.54) is 24.3 Å². The molecule has 0 aliphatic carbocycles. The van der Waals surface area contributed by atoms with Crippen molar-refractivity contribution in [1.29, 1.82) is 0 Å². The Balaban J connectivity index is 1.31. The summed E-state index contributed by atoms with van der Waals surface area (Å²) in [5, 5.41) is 10.5. The van der Waals surface area contributed by atoms with Crippen LogP contribution in [0.4, 0.5) is 8.78 Å². The van der Waals surface area contributed by atoms with Crippen molar-refractivity contribution < 1.29 is 13.2 Å². The van der Waals surface area contributed by atoms with Gasteiger partial charge < -0.3 is 4.42 Å². The molecule has 5 rings (SSSR count). The molecule has 1 aliphatic heterocycles. The maximum Gasteiger partial charge on any atom is 0.257 e. The molecule has 0 amide bonds. The monoisotopic (exact) mass is 466 g/mol. The van der Waals surface area contributed by atoms with E-state index in [-0.39, 0.29) is 23.7 Å². The Labute approximate surface area is 195 Å². The predicted octanol–water partition coefficient (Wildman–Crippen LogP) is 5.54. The van der Waals surface area contributed by atoms with Crippen LogP contribution in [0.1, 0.15) is 36.0 Å². The number of thiophene rings is 1. The molecule has 0 spiro atoms. The molecule has 0 saturated carbocycles. The van der Waals surface area contributed by atoms with E-state index in [2.05, 4.69) is 26.9 Å². The van der Waals surface area contributed by atoms with Gasteiger partial charge >= 0.3 is 0 Å². The highest BCUT2D eigenvalue weighted by Gasteiger charge is 2.30. The zero-order valence-corrected chi connectivity index (χ0v) is 19.0. The molecule has 0 N–H and O–H groups in total. The van der Waals surface area contributed by atoms with Crippen molar-refractivity contribution in [3.8, 4) is 10.8 Å². The lowest BCUT2D eigenvalue weighted by molar-refractivity contribution is 0.0751. The molecule has 5 nitrogen and oxygen atoms in total. The van der Waals surface area contributed by atoms with E-state index in [4.69, 9.17) is 4.42 Å². The summed E-state index contributed by atoms with van der Waals surface area (Å²) in [5.74, 6) is 0.632. The molecule has 3 heterocycles. The lowest BCUT2D eigenvalue weighted by Gasteiger charge is -2.41. The van der Waals surface area contributed by atoms with Gasteiger partial charge in [-0.1, -0.05) is 30.3 Å². The Morgan fingerprint density at radius 2 is 1.39 bits per heavy atom. The number of nitrogens with zero attached hydrogens (tertiary/aromatic N) is 4. The maximum atomic E-state index is 13.6. The minimum atomic E-state index is -0.267. The van der Waals surface area contributed by atoms with Crippen LogP contribution in [0.15, 0.2) is 70.5 Å². The number of hydrogen-bond donors (Lipinski definition) is 0. The smallest absolute Gasteiger partial charge is 0.257 e. The van der Waals surface area contributed by atoms with Crippen molar-refractivity contribution in [1.82, 2.24) is 20.0 Å². The molecular formula is C25H24F2N4OS. The molecule has 1 atom stereocenters. The van der Waals surface area contributed by atoms with Crippen LogP contribution >= 0.6 is 11.3 Å². The quantitative estimate of drug-likeness (QED) is 0.373. The first kappa shape index (κ1) is 21.9. The first-order valence-corrected chi connectivity index (χ1v) is 11.8. The van der Waals surface area contributed by atoms with Crippen molar-refractivity contribution in [3.63, 3.8) is 0 Å². The number of benzene rings is 2. The lowest BCUT2D eigenvalue weighted by atomic mass is 9.96. The van der Waals surface area contributed by atoms with Gasteiger partial charge in [0.15, 0.2) is 0 Å². The molecule has 1 fully saturated rings. The highest BCUT2D eigenvalue weighted by atomic mass is 32.1. The van der Waals surface area contributed by atoms with Crippen LogP contribution in [0.3, 0.4) is 0 Å². The first-order valence-electron chi connectivity index (χ1n) is 10.9. The first-order chi connectivity index (χ1) is 16.1. The van der Waals surface area contributed by atoms with Gasteiger partial charge in [-0.2, -0.15) is 0 Å². The Kier molecular flexibility index (Phi) is 6.30. The minimum Gasteiger partial charge on any atom is -0.418 e. The van der Waals surface area contributed by atoms with Crippen molar-refractivity contribution in [2.45, 2.75) is 19.0 Å². The van der Waals surface area contributed by atoms with E-state index in [0.29, 0.717) is 11.8 Å². The summed E-state index contributed by atoms with van der Waals surface area (Å²) in [7, 11) is 0. The van der Waals surface area contributed by atoms with Gasteiger partial charge in [0, 0.05) is 26.2 Å². The summed E-state index contributed by atoms with van der Waals surface area (Å²) in [6.07, 6.45) is 0. The summed E-state index contributed by atoms with van der Waals surface area (Å²) < 4.78 is 33.0. The van der Waals surface area contributed by atoms with E-state index in [1.54, 1.807) is 11.3 Å². The van der Waals surface area contributed by atoms with Crippen LogP contribution in [0.2, 0.25) is 0 Å². The van der Waals surface area contributed by atoms with Gasteiger partial charge in [-0.25, -0.2) is 8.78 Å². The average Bonchev–Trinajstić information content (AvgIpc) is 3.54. The number of piperazine rings is 1. The SMILES string of the molecule is C[C@@H](c1nnc(-c2cccs2)o1)N1CCN(C(c2ccc(F)cc2)c2ccc(F)cc2)CC1. The van der Waals surface area contributed by atoms with Crippen LogP contribution in [0.5, 0.6) is 0 Å². The van der Waals surface area contributed by atoms with E-state index < -0.39 is 0 Å². The predicted molar refractivity (Wildman–Crippen MR) is 124 cm³/mol. The van der Waals surface area contributed by atoms with Crippen molar-refractivity contribution in [2.24, 2.45) is 0 Å². The van der Waals surface area contributed by atoms with Gasteiger partial charge in [-0.05, 0) is 53.8 Å². The van der Waals surface area contributed by atoms with Gasteiger partial charge in [0.25, 0.3) is 5.89 Å². The van der Waals surface area contributed by atoms with Gasteiger partial charge in [0.05, 0.1) is 17.0 Å². The molecule has 8 heteroatoms. The van der Waals surface area contributed by atoms with E-state index in [9.17, 15) is 8.78 Å². The maximum absolute atomic E-state index is 13.6. The van der Waals surface area contributed by atoms with Gasteiger partial charge in [0.2, 0.25) is 5.89 Å². The number of hydrogen-bond acceptors (Lipinski definition) is 6. The second kappa shape index (κ2) is 9.51. The number of aromatic nitrogens is 2. The summed E-state index contributed by atoms with van der Waals surface area (Å²) >= 11 is 1.57. The largest absolute Gasteiger partial charge is 0.418 e. The fourth-order valence-corrected chi connectivity index (χ4v) is 4.99. The van der Waals surface area contributed by atoms with Gasteiger partial charge in [-0.3, -0.25) is 9.80 Å². The number of halogens is 2. The minimum absolute atomic E-state index is 0.00320. The van der Waals surface area contributed by atoms with Gasteiger partial charge in [0.1, 0.15) is 11.6 Å². The average molecular weight is 467 g/mol. The standard InChI is InChI=1S/C25H24F2N4OS/c1-17(24-28-29-25(32-24)22-3-2-16-33-22)30-12-14-31(15-13-30)23(18-4-8-20(26)9-5-18)19-6-10-21(27)11-7-19/h2-11,16-17,23H,12-15H2,1H3/t17-/m0/s1. The molecule has 0 bridgehead atoms. The third-order valence-corrected chi connectivity index (χ3v) is 7.02. The molecule has 2 aromatic carbocycles. The third kappa shape index (κ3) is 4.73. The zero-order chi connectivity index (χ0) is 22.8. The summed E-state index contributed by atoms with van der Waals surface area (Å²) in [4.78, 5) is 5.65. The van der Waals surface area contributed by atoms with Crippen molar-refractivity contribution in [3.05, 3.63) is 94.7 Å². The number of rotatable bonds is 6. The molecule has 33 heavy (non-hydrogen) atoms. The summed E-state index contributed by atoms with van der Waals surface area (Å²) in [5.41, 5.74) is 1.98. The van der Waals surface area contributed by atoms with Crippen LogP contribution < -0.4 is 0 Å². The summed E-state index contributed by atoms with van der Waals surface area (Å²) in [6.45, 7) is 5.32. The summed E-state index contributed by atoms with van der Waals surface area (Å²) in [6, 6.07) is 17.0. The molecule has 1 saturated heterocycles. The van der Waals surface area contributed by atoms with E-state index in [0.717, 1.165) is 42.2 Å². The fraction of sp³-hybridized carbons (Fsp3) is 0.280. The Morgan fingerprint density at radius 1 is 0.818 bits per heavy atom. The Bertz CT molecular complexity index is 1120. The highest BCUT2D eigenvalue weighted by molar-refractivity contribution is 7.13. The van der Waals surface area contributed by atoms with Gasteiger partial charge in [-0.15, -0.1) is 21.5 Å². The molecule has 1 aliphatic rings. The zero-order valence-electron chi connectivity index (χ0n) is 18.2. The topological polar surface area (TPSA) is 45.4 Å². The van der Waals surface area contributed by atoms with Crippen LogP contribution in [0, 0.1) is 11.6 Å². The lowest BCUT2D eigenvalue weighted by Crippen LogP contribution is -2.48. The molecule has 170 valence electrons. The Hall–Kier alpha value is -2.94. The normalized spacial score (nSPS) is 16.4. The fourth-order valence-electron chi connectivity index (χ4n) is 4.35. The molecule has 0 radical (unpaired) electrons. The molecule has 0 unspecified atom stereocenters. The third-order valence-electron chi connectivity index (χ3n) is 6.16. The van der Waals surface area contributed by atoms with Crippen LogP contribution in [-0.4, -0.2) is 46.2 Å². The highest BCUT2D eigenvalue weighted by Crippen LogP contribution is 2.32. The van der Waals surface area contributed by atoms with Crippen molar-refractivity contribution in [2.75, 3.05) is 26.2 Å². The Morgan fingerprint density at radius 3 is 1.94 bits per heavy atom. The van der Waals surface area contributed by atoms with Crippen molar-refractivity contribution >= 4 is 11.3 Å². The second-order valence-corrected chi connectivity index (χ2v) is 9.12. The molecule has 4 aromatic rings.